The van der Waals surface area contributed by atoms with Gasteiger partial charge in [0.15, 0.2) is 0 Å². The van der Waals surface area contributed by atoms with Crippen molar-refractivity contribution in [3.8, 4) is 0 Å². The molecule has 0 amide bonds. The Balaban J connectivity index is 1.65. The SMILES string of the molecule is O[C@@H]1CCN(CCC(F)(F)F)C[C@H]1Cn1c2ccc(F)cc2c2cc(F)ccc21. The van der Waals surface area contributed by atoms with E-state index in [2.05, 4.69) is 0 Å². The largest absolute Gasteiger partial charge is 0.393 e. The van der Waals surface area contributed by atoms with E-state index in [4.69, 9.17) is 0 Å². The van der Waals surface area contributed by atoms with E-state index in [1.165, 1.54) is 24.3 Å². The van der Waals surface area contributed by atoms with Crippen LogP contribution in [0.25, 0.3) is 21.8 Å². The molecule has 2 heterocycles. The minimum absolute atomic E-state index is 0.101. The molecule has 1 aliphatic heterocycles. The van der Waals surface area contributed by atoms with Crippen LogP contribution < -0.4 is 0 Å². The summed E-state index contributed by atoms with van der Waals surface area (Å²) < 4.78 is 67.2. The molecule has 0 saturated carbocycles. The van der Waals surface area contributed by atoms with Crippen molar-refractivity contribution in [2.45, 2.75) is 31.7 Å². The second-order valence-electron chi connectivity index (χ2n) is 7.72. The zero-order valence-corrected chi connectivity index (χ0v) is 15.6. The van der Waals surface area contributed by atoms with Crippen LogP contribution in [0, 0.1) is 17.6 Å². The Bertz CT molecular complexity index is 970. The lowest BCUT2D eigenvalue weighted by Gasteiger charge is -2.36. The number of likely N-dealkylation sites (tertiary alicyclic amines) is 1. The van der Waals surface area contributed by atoms with Gasteiger partial charge in [0.1, 0.15) is 11.6 Å². The van der Waals surface area contributed by atoms with Gasteiger partial charge < -0.3 is 14.6 Å². The van der Waals surface area contributed by atoms with Crippen LogP contribution in [-0.4, -0.2) is 46.5 Å². The summed E-state index contributed by atoms with van der Waals surface area (Å²) in [7, 11) is 0. The van der Waals surface area contributed by atoms with Crippen LogP contribution in [-0.2, 0) is 6.54 Å². The fourth-order valence-electron chi connectivity index (χ4n) is 4.24. The van der Waals surface area contributed by atoms with Crippen molar-refractivity contribution < 1.29 is 27.1 Å². The van der Waals surface area contributed by atoms with Crippen LogP contribution >= 0.6 is 0 Å². The van der Waals surface area contributed by atoms with Gasteiger partial charge in [-0.05, 0) is 42.8 Å². The maximum Gasteiger partial charge on any atom is 0.390 e. The number of rotatable bonds is 4. The minimum Gasteiger partial charge on any atom is -0.393 e. The van der Waals surface area contributed by atoms with E-state index in [9.17, 15) is 27.1 Å². The fourth-order valence-corrected chi connectivity index (χ4v) is 4.24. The zero-order chi connectivity index (χ0) is 20.8. The third kappa shape index (κ3) is 4.23. The predicted molar refractivity (Wildman–Crippen MR) is 101 cm³/mol. The molecular weight excluding hydrogens is 391 g/mol. The van der Waals surface area contributed by atoms with Gasteiger partial charge in [0.05, 0.1) is 12.5 Å². The van der Waals surface area contributed by atoms with Gasteiger partial charge in [-0.1, -0.05) is 0 Å². The lowest BCUT2D eigenvalue weighted by molar-refractivity contribution is -0.139. The maximum atomic E-state index is 13.8. The molecule has 3 aromatic rings. The normalized spacial score (nSPS) is 21.3. The summed E-state index contributed by atoms with van der Waals surface area (Å²) in [5, 5.41) is 11.6. The van der Waals surface area contributed by atoms with Crippen LogP contribution in [0.3, 0.4) is 0 Å². The molecular formula is C21H21F5N2O. The minimum atomic E-state index is -4.22. The Hall–Kier alpha value is -2.19. The van der Waals surface area contributed by atoms with Crippen molar-refractivity contribution in [2.75, 3.05) is 19.6 Å². The summed E-state index contributed by atoms with van der Waals surface area (Å²) in [4.78, 5) is 1.72. The molecule has 0 spiro atoms. The fraction of sp³-hybridized carbons (Fsp3) is 0.429. The lowest BCUT2D eigenvalue weighted by atomic mass is 9.94. The monoisotopic (exact) mass is 412 g/mol. The Morgan fingerprint density at radius 1 is 0.966 bits per heavy atom. The van der Waals surface area contributed by atoms with E-state index in [1.54, 1.807) is 17.0 Å². The van der Waals surface area contributed by atoms with Crippen molar-refractivity contribution >= 4 is 21.8 Å². The van der Waals surface area contributed by atoms with Gasteiger partial charge in [-0.3, -0.25) is 0 Å². The highest BCUT2D eigenvalue weighted by Gasteiger charge is 2.32. The number of aliphatic hydroxyl groups is 1. The zero-order valence-electron chi connectivity index (χ0n) is 15.6. The van der Waals surface area contributed by atoms with E-state index >= 15 is 0 Å². The second kappa shape index (κ2) is 7.57. The molecule has 2 atom stereocenters. The molecule has 1 aliphatic rings. The van der Waals surface area contributed by atoms with Crippen LogP contribution in [0.15, 0.2) is 36.4 Å². The Kier molecular flexibility index (Phi) is 5.25. The first-order valence-corrected chi connectivity index (χ1v) is 9.55. The van der Waals surface area contributed by atoms with E-state index < -0.39 is 30.3 Å². The van der Waals surface area contributed by atoms with Crippen molar-refractivity contribution in [2.24, 2.45) is 5.92 Å². The van der Waals surface area contributed by atoms with Crippen molar-refractivity contribution in [3.63, 3.8) is 0 Å². The Labute approximate surface area is 164 Å². The van der Waals surface area contributed by atoms with Gasteiger partial charge in [-0.15, -0.1) is 0 Å². The number of aliphatic hydroxyl groups excluding tert-OH is 1. The summed E-state index contributed by atoms with van der Waals surface area (Å²) in [5.41, 5.74) is 1.40. The highest BCUT2D eigenvalue weighted by molar-refractivity contribution is 6.08. The molecule has 0 bridgehead atoms. The van der Waals surface area contributed by atoms with Crippen molar-refractivity contribution in [1.82, 2.24) is 9.47 Å². The molecule has 156 valence electrons. The van der Waals surface area contributed by atoms with E-state index in [0.29, 0.717) is 47.9 Å². The number of alkyl halides is 3. The second-order valence-corrected chi connectivity index (χ2v) is 7.72. The number of halogens is 5. The molecule has 0 aliphatic carbocycles. The molecule has 1 fully saturated rings. The molecule has 1 aromatic heterocycles. The van der Waals surface area contributed by atoms with Crippen LogP contribution in [0.2, 0.25) is 0 Å². The standard InChI is InChI=1S/C21H21F5N2O/c22-14-1-3-18-16(9-14)17-10-15(23)2-4-19(17)28(18)12-13-11-27(7-5-20(13)29)8-6-21(24,25)26/h1-4,9-10,13,20,29H,5-8,11-12H2/t13-,20+/m0/s1. The molecule has 0 radical (unpaired) electrons. The summed E-state index contributed by atoms with van der Waals surface area (Å²) in [6.07, 6.45) is -5.36. The molecule has 3 nitrogen and oxygen atoms in total. The van der Waals surface area contributed by atoms with Gasteiger partial charge in [0.2, 0.25) is 0 Å². The molecule has 1 saturated heterocycles. The first kappa shape index (κ1) is 20.1. The number of hydrogen-bond acceptors (Lipinski definition) is 2. The number of nitrogens with zero attached hydrogens (tertiary/aromatic N) is 2. The topological polar surface area (TPSA) is 28.4 Å². The third-order valence-electron chi connectivity index (χ3n) is 5.70. The molecule has 8 heteroatoms. The number of benzene rings is 2. The molecule has 1 N–H and O–H groups in total. The summed E-state index contributed by atoms with van der Waals surface area (Å²) in [6.45, 7) is 0.995. The summed E-state index contributed by atoms with van der Waals surface area (Å²) >= 11 is 0. The average Bonchev–Trinajstić information content (AvgIpc) is 2.94. The quantitative estimate of drug-likeness (QED) is 0.629. The summed E-state index contributed by atoms with van der Waals surface area (Å²) in [5.74, 6) is -1.15. The van der Waals surface area contributed by atoms with Crippen molar-refractivity contribution in [3.05, 3.63) is 48.0 Å². The van der Waals surface area contributed by atoms with Gasteiger partial charge in [-0.2, -0.15) is 13.2 Å². The van der Waals surface area contributed by atoms with Crippen LogP contribution in [0.5, 0.6) is 0 Å². The molecule has 29 heavy (non-hydrogen) atoms. The Morgan fingerprint density at radius 3 is 2.10 bits per heavy atom. The van der Waals surface area contributed by atoms with Crippen LogP contribution in [0.4, 0.5) is 22.0 Å². The van der Waals surface area contributed by atoms with Gasteiger partial charge >= 0.3 is 6.18 Å². The van der Waals surface area contributed by atoms with E-state index in [0.717, 1.165) is 0 Å². The van der Waals surface area contributed by atoms with E-state index in [-0.39, 0.29) is 12.5 Å². The predicted octanol–water partition coefficient (Wildman–Crippen LogP) is 4.71. The number of fused-ring (bicyclic) bond motifs is 3. The lowest BCUT2D eigenvalue weighted by Crippen LogP contribution is -2.45. The smallest absolute Gasteiger partial charge is 0.390 e. The highest BCUT2D eigenvalue weighted by Crippen LogP contribution is 2.32. The first-order chi connectivity index (χ1) is 13.7. The summed E-state index contributed by atoms with van der Waals surface area (Å²) in [6, 6.07) is 8.56. The number of hydrogen-bond donors (Lipinski definition) is 1. The van der Waals surface area contributed by atoms with Gasteiger partial charge in [0.25, 0.3) is 0 Å². The number of piperidine rings is 1. The van der Waals surface area contributed by atoms with Crippen LogP contribution in [0.1, 0.15) is 12.8 Å². The van der Waals surface area contributed by atoms with E-state index in [1.807, 2.05) is 4.57 Å². The Morgan fingerprint density at radius 2 is 1.55 bits per heavy atom. The first-order valence-electron chi connectivity index (χ1n) is 9.55. The number of aromatic nitrogens is 1. The third-order valence-corrected chi connectivity index (χ3v) is 5.70. The highest BCUT2D eigenvalue weighted by atomic mass is 19.4. The average molecular weight is 412 g/mol. The van der Waals surface area contributed by atoms with Gasteiger partial charge in [-0.25, -0.2) is 8.78 Å². The maximum absolute atomic E-state index is 13.8. The van der Waals surface area contributed by atoms with Crippen molar-refractivity contribution in [1.29, 1.82) is 0 Å². The van der Waals surface area contributed by atoms with Gasteiger partial charge in [0, 0.05) is 53.9 Å². The molecule has 2 aromatic carbocycles. The molecule has 4 rings (SSSR count). The molecule has 0 unspecified atom stereocenters.